The molecule has 108 valence electrons. The maximum Gasteiger partial charge on any atom is 0.162 e. The summed E-state index contributed by atoms with van der Waals surface area (Å²) in [5.74, 6) is 0.312. The van der Waals surface area contributed by atoms with Crippen molar-refractivity contribution in [2.75, 3.05) is 7.11 Å². The summed E-state index contributed by atoms with van der Waals surface area (Å²) in [6.07, 6.45) is 0. The monoisotopic (exact) mass is 287 g/mol. The van der Waals surface area contributed by atoms with Crippen LogP contribution >= 0.6 is 0 Å². The van der Waals surface area contributed by atoms with Crippen molar-refractivity contribution in [2.24, 2.45) is 0 Å². The van der Waals surface area contributed by atoms with Crippen molar-refractivity contribution < 1.29 is 19.0 Å². The van der Waals surface area contributed by atoms with Gasteiger partial charge in [0.1, 0.15) is 18.5 Å². The maximum atomic E-state index is 13.9. The van der Waals surface area contributed by atoms with E-state index >= 15 is 0 Å². The van der Waals surface area contributed by atoms with Crippen molar-refractivity contribution in [2.45, 2.75) is 13.2 Å². The van der Waals surface area contributed by atoms with Gasteiger partial charge < -0.3 is 14.6 Å². The molecule has 21 heavy (non-hydrogen) atoms. The molecule has 0 spiro atoms. The van der Waals surface area contributed by atoms with Crippen molar-refractivity contribution in [3.8, 4) is 17.6 Å². The molecule has 0 amide bonds. The van der Waals surface area contributed by atoms with Gasteiger partial charge in [0.15, 0.2) is 11.5 Å². The van der Waals surface area contributed by atoms with E-state index in [0.717, 1.165) is 0 Å². The molecule has 0 saturated heterocycles. The van der Waals surface area contributed by atoms with Crippen LogP contribution < -0.4 is 9.47 Å². The van der Waals surface area contributed by atoms with Gasteiger partial charge in [0.05, 0.1) is 19.3 Å². The average Bonchev–Trinajstić information content (AvgIpc) is 2.53. The van der Waals surface area contributed by atoms with Gasteiger partial charge in [-0.05, 0) is 23.8 Å². The molecule has 1 N–H and O–H groups in total. The highest BCUT2D eigenvalue weighted by Crippen LogP contribution is 2.29. The Kier molecular flexibility index (Phi) is 4.75. The SMILES string of the molecule is COc1ccc(CO)cc1OCc1cccc(C#N)c1F. The first-order valence-electron chi connectivity index (χ1n) is 6.27. The van der Waals surface area contributed by atoms with Crippen molar-refractivity contribution in [1.29, 1.82) is 5.26 Å². The van der Waals surface area contributed by atoms with Gasteiger partial charge in [-0.1, -0.05) is 18.2 Å². The molecule has 2 aromatic carbocycles. The zero-order valence-electron chi connectivity index (χ0n) is 11.5. The molecule has 0 bridgehead atoms. The van der Waals surface area contributed by atoms with Crippen LogP contribution in [0.15, 0.2) is 36.4 Å². The average molecular weight is 287 g/mol. The van der Waals surface area contributed by atoms with Gasteiger partial charge >= 0.3 is 0 Å². The summed E-state index contributed by atoms with van der Waals surface area (Å²) in [5, 5.41) is 17.9. The Hall–Kier alpha value is -2.58. The number of ether oxygens (including phenoxy) is 2. The molecule has 0 saturated carbocycles. The van der Waals surface area contributed by atoms with Crippen molar-refractivity contribution in [3.63, 3.8) is 0 Å². The second-order valence-electron chi connectivity index (χ2n) is 4.32. The van der Waals surface area contributed by atoms with Gasteiger partial charge in [0, 0.05) is 5.56 Å². The normalized spacial score (nSPS) is 10.0. The van der Waals surface area contributed by atoms with Crippen LogP contribution in [0.1, 0.15) is 16.7 Å². The van der Waals surface area contributed by atoms with Crippen LogP contribution in [-0.4, -0.2) is 12.2 Å². The molecular formula is C16H14FNO3. The third-order valence-corrected chi connectivity index (χ3v) is 2.99. The minimum absolute atomic E-state index is 0.0211. The van der Waals surface area contributed by atoms with Crippen molar-refractivity contribution >= 4 is 0 Å². The summed E-state index contributed by atoms with van der Waals surface area (Å²) >= 11 is 0. The van der Waals surface area contributed by atoms with Crippen LogP contribution in [0.25, 0.3) is 0 Å². The van der Waals surface area contributed by atoms with Gasteiger partial charge in [-0.3, -0.25) is 0 Å². The predicted molar refractivity (Wildman–Crippen MR) is 74.4 cm³/mol. The van der Waals surface area contributed by atoms with E-state index in [1.54, 1.807) is 36.4 Å². The highest BCUT2D eigenvalue weighted by atomic mass is 19.1. The topological polar surface area (TPSA) is 62.5 Å². The minimum Gasteiger partial charge on any atom is -0.493 e. The quantitative estimate of drug-likeness (QED) is 0.918. The predicted octanol–water partition coefficient (Wildman–Crippen LogP) is 2.78. The number of aliphatic hydroxyl groups excluding tert-OH is 1. The fraction of sp³-hybridized carbons (Fsp3) is 0.188. The van der Waals surface area contributed by atoms with E-state index in [2.05, 4.69) is 0 Å². The molecule has 2 aromatic rings. The van der Waals surface area contributed by atoms with E-state index < -0.39 is 5.82 Å². The molecule has 0 radical (unpaired) electrons. The van der Waals surface area contributed by atoms with E-state index in [1.807, 2.05) is 0 Å². The highest BCUT2D eigenvalue weighted by molar-refractivity contribution is 5.43. The number of hydrogen-bond donors (Lipinski definition) is 1. The standard InChI is InChI=1S/C16H14FNO3/c1-20-14-6-5-11(9-19)7-15(14)21-10-13-4-2-3-12(8-18)16(13)17/h2-7,19H,9-10H2,1H3. The molecule has 0 aliphatic rings. The van der Waals surface area contributed by atoms with E-state index in [9.17, 15) is 4.39 Å². The van der Waals surface area contributed by atoms with E-state index in [4.69, 9.17) is 19.8 Å². The third kappa shape index (κ3) is 3.30. The zero-order valence-corrected chi connectivity index (χ0v) is 11.5. The highest BCUT2D eigenvalue weighted by Gasteiger charge is 2.10. The van der Waals surface area contributed by atoms with Crippen LogP contribution in [0.4, 0.5) is 4.39 Å². The zero-order chi connectivity index (χ0) is 15.2. The number of rotatable bonds is 5. The summed E-state index contributed by atoms with van der Waals surface area (Å²) in [7, 11) is 1.50. The molecule has 5 heteroatoms. The second kappa shape index (κ2) is 6.73. The van der Waals surface area contributed by atoms with Crippen molar-refractivity contribution in [1.82, 2.24) is 0 Å². The van der Waals surface area contributed by atoms with Crippen LogP contribution in [0, 0.1) is 17.1 Å². The number of nitriles is 1. The molecule has 0 unspecified atom stereocenters. The maximum absolute atomic E-state index is 13.9. The second-order valence-corrected chi connectivity index (χ2v) is 4.32. The Morgan fingerprint density at radius 2 is 2.05 bits per heavy atom. The fourth-order valence-corrected chi connectivity index (χ4v) is 1.87. The number of benzene rings is 2. The lowest BCUT2D eigenvalue weighted by molar-refractivity contribution is 0.269. The van der Waals surface area contributed by atoms with Crippen LogP contribution in [0.2, 0.25) is 0 Å². The fourth-order valence-electron chi connectivity index (χ4n) is 1.87. The smallest absolute Gasteiger partial charge is 0.162 e. The molecular weight excluding hydrogens is 273 g/mol. The summed E-state index contributed by atoms with van der Waals surface area (Å²) in [6.45, 7) is -0.161. The van der Waals surface area contributed by atoms with Crippen molar-refractivity contribution in [3.05, 3.63) is 58.9 Å². The number of halogens is 1. The molecule has 0 fully saturated rings. The lowest BCUT2D eigenvalue weighted by Gasteiger charge is -2.12. The van der Waals surface area contributed by atoms with E-state index in [1.165, 1.54) is 13.2 Å². The molecule has 0 atom stereocenters. The van der Waals surface area contributed by atoms with Gasteiger partial charge in [0.2, 0.25) is 0 Å². The summed E-state index contributed by atoms with van der Waals surface area (Å²) < 4.78 is 24.6. The number of hydrogen-bond acceptors (Lipinski definition) is 4. The van der Waals surface area contributed by atoms with Gasteiger partial charge in [-0.15, -0.1) is 0 Å². The van der Waals surface area contributed by atoms with Gasteiger partial charge in [0.25, 0.3) is 0 Å². The minimum atomic E-state index is -0.586. The molecule has 0 aromatic heterocycles. The third-order valence-electron chi connectivity index (χ3n) is 2.99. The molecule has 0 aliphatic carbocycles. The summed E-state index contributed by atoms with van der Waals surface area (Å²) in [4.78, 5) is 0. The van der Waals surface area contributed by atoms with Crippen LogP contribution in [0.5, 0.6) is 11.5 Å². The Bertz CT molecular complexity index is 680. The summed E-state index contributed by atoms with van der Waals surface area (Å²) in [6, 6.07) is 11.4. The first kappa shape index (κ1) is 14.8. The molecule has 0 aliphatic heterocycles. The van der Waals surface area contributed by atoms with Gasteiger partial charge in [-0.25, -0.2) is 4.39 Å². The van der Waals surface area contributed by atoms with E-state index in [0.29, 0.717) is 17.1 Å². The van der Waals surface area contributed by atoms with Crippen LogP contribution in [0.3, 0.4) is 0 Å². The number of nitrogens with zero attached hydrogens (tertiary/aromatic N) is 1. The number of aliphatic hydroxyl groups is 1. The van der Waals surface area contributed by atoms with Crippen LogP contribution in [-0.2, 0) is 13.2 Å². The largest absolute Gasteiger partial charge is 0.493 e. The Morgan fingerprint density at radius 3 is 2.71 bits per heavy atom. The van der Waals surface area contributed by atoms with E-state index in [-0.39, 0.29) is 24.3 Å². The number of methoxy groups -OCH3 is 1. The first-order chi connectivity index (χ1) is 10.2. The first-order valence-corrected chi connectivity index (χ1v) is 6.27. The summed E-state index contributed by atoms with van der Waals surface area (Å²) in [5.41, 5.74) is 0.926. The molecule has 2 rings (SSSR count). The molecule has 0 heterocycles. The Morgan fingerprint density at radius 1 is 1.24 bits per heavy atom. The van der Waals surface area contributed by atoms with Gasteiger partial charge in [-0.2, -0.15) is 5.26 Å². The Labute approximate surface area is 122 Å². The lowest BCUT2D eigenvalue weighted by Crippen LogP contribution is -2.02. The molecule has 4 nitrogen and oxygen atoms in total. The lowest BCUT2D eigenvalue weighted by atomic mass is 10.1. The Balaban J connectivity index is 2.22.